The number of para-hydroxylation sites is 1. The summed E-state index contributed by atoms with van der Waals surface area (Å²) in [6.07, 6.45) is 0.633. The zero-order valence-corrected chi connectivity index (χ0v) is 13.7. The van der Waals surface area contributed by atoms with E-state index in [2.05, 4.69) is 16.4 Å². The van der Waals surface area contributed by atoms with Crippen molar-refractivity contribution in [2.75, 3.05) is 12.0 Å². The number of nitrogens with zero attached hydrogens (tertiary/aromatic N) is 2. The second kappa shape index (κ2) is 6.05. The summed E-state index contributed by atoms with van der Waals surface area (Å²) in [5, 5.41) is 4.10. The highest BCUT2D eigenvalue weighted by Gasteiger charge is 2.28. The average Bonchev–Trinajstić information content (AvgIpc) is 3.17. The summed E-state index contributed by atoms with van der Waals surface area (Å²) in [6.45, 7) is 0.220. The predicted octanol–water partition coefficient (Wildman–Crippen LogP) is 3.48. The lowest BCUT2D eigenvalue weighted by atomic mass is 10.2. The molecule has 0 saturated carbocycles. The van der Waals surface area contributed by atoms with Crippen LogP contribution >= 0.6 is 11.3 Å². The Kier molecular flexibility index (Phi) is 3.74. The number of hydrogen-bond acceptors (Lipinski definition) is 5. The number of anilines is 1. The summed E-state index contributed by atoms with van der Waals surface area (Å²) < 4.78 is 1.17. The highest BCUT2D eigenvalue weighted by molar-refractivity contribution is 7.21. The second-order valence-electron chi connectivity index (χ2n) is 5.61. The molecule has 120 valence electrons. The number of fused-ring (bicyclic) bond motifs is 1. The summed E-state index contributed by atoms with van der Waals surface area (Å²) in [5.41, 5.74) is 2.92. The first kappa shape index (κ1) is 14.8. The maximum absolute atomic E-state index is 11.6. The lowest BCUT2D eigenvalue weighted by Gasteiger charge is -2.15. The first-order valence-corrected chi connectivity index (χ1v) is 8.55. The maximum atomic E-state index is 11.6. The highest BCUT2D eigenvalue weighted by atomic mass is 32.1. The van der Waals surface area contributed by atoms with Gasteiger partial charge in [-0.1, -0.05) is 12.1 Å². The van der Waals surface area contributed by atoms with Crippen LogP contribution < -0.4 is 5.32 Å². The van der Waals surface area contributed by atoms with Crippen LogP contribution in [-0.4, -0.2) is 28.4 Å². The van der Waals surface area contributed by atoms with E-state index < -0.39 is 0 Å². The van der Waals surface area contributed by atoms with Gasteiger partial charge in [0.05, 0.1) is 16.9 Å². The number of amides is 2. The number of benzene rings is 2. The lowest BCUT2D eigenvalue weighted by Crippen LogP contribution is -2.33. The zero-order chi connectivity index (χ0) is 16.5. The smallest absolute Gasteiger partial charge is 0.231 e. The Hall–Kier alpha value is -2.73. The monoisotopic (exact) mass is 337 g/mol. The van der Waals surface area contributed by atoms with Crippen molar-refractivity contribution >= 4 is 39.1 Å². The van der Waals surface area contributed by atoms with E-state index in [0.29, 0.717) is 12.8 Å². The second-order valence-corrected chi connectivity index (χ2v) is 6.65. The molecular weight excluding hydrogens is 322 g/mol. The van der Waals surface area contributed by atoms with E-state index >= 15 is 0 Å². The lowest BCUT2D eigenvalue weighted by molar-refractivity contribution is -0.137. The van der Waals surface area contributed by atoms with E-state index in [0.717, 1.165) is 21.8 Å². The van der Waals surface area contributed by atoms with Gasteiger partial charge in [-0.05, 0) is 36.4 Å². The summed E-state index contributed by atoms with van der Waals surface area (Å²) >= 11 is 1.66. The van der Waals surface area contributed by atoms with E-state index in [1.807, 2.05) is 42.5 Å². The van der Waals surface area contributed by atoms with Crippen LogP contribution in [0.5, 0.6) is 0 Å². The third kappa shape index (κ3) is 2.76. The average molecular weight is 337 g/mol. The Balaban J connectivity index is 1.48. The Morgan fingerprint density at radius 1 is 1.00 bits per heavy atom. The third-order valence-electron chi connectivity index (χ3n) is 4.02. The van der Waals surface area contributed by atoms with E-state index in [4.69, 9.17) is 0 Å². The first-order valence-electron chi connectivity index (χ1n) is 7.74. The maximum Gasteiger partial charge on any atom is 0.231 e. The van der Waals surface area contributed by atoms with E-state index in [-0.39, 0.29) is 18.5 Å². The van der Waals surface area contributed by atoms with Crippen molar-refractivity contribution in [3.8, 4) is 10.6 Å². The van der Waals surface area contributed by atoms with Crippen molar-refractivity contribution in [1.29, 1.82) is 0 Å². The van der Waals surface area contributed by atoms with Crippen LogP contribution in [0.3, 0.4) is 0 Å². The molecule has 1 aliphatic heterocycles. The summed E-state index contributed by atoms with van der Waals surface area (Å²) in [4.78, 5) is 29.1. The number of imide groups is 1. The molecule has 2 heterocycles. The van der Waals surface area contributed by atoms with Gasteiger partial charge in [0.1, 0.15) is 5.01 Å². The van der Waals surface area contributed by atoms with E-state index in [1.54, 1.807) is 11.3 Å². The number of aromatic nitrogens is 1. The van der Waals surface area contributed by atoms with Crippen molar-refractivity contribution in [2.24, 2.45) is 0 Å². The van der Waals surface area contributed by atoms with Crippen molar-refractivity contribution in [2.45, 2.75) is 12.8 Å². The minimum absolute atomic E-state index is 0.112. The van der Waals surface area contributed by atoms with Gasteiger partial charge in [-0.15, -0.1) is 11.3 Å². The minimum Gasteiger partial charge on any atom is -0.367 e. The molecule has 2 aromatic carbocycles. The number of hydrogen-bond donors (Lipinski definition) is 1. The van der Waals surface area contributed by atoms with Crippen molar-refractivity contribution in [3.63, 3.8) is 0 Å². The number of likely N-dealkylation sites (tertiary alicyclic amines) is 1. The van der Waals surface area contributed by atoms with Gasteiger partial charge in [0.2, 0.25) is 11.8 Å². The van der Waals surface area contributed by atoms with Crippen molar-refractivity contribution in [3.05, 3.63) is 48.5 Å². The Morgan fingerprint density at radius 3 is 2.42 bits per heavy atom. The number of nitrogens with one attached hydrogen (secondary N) is 1. The molecule has 1 saturated heterocycles. The van der Waals surface area contributed by atoms with Gasteiger partial charge in [0, 0.05) is 24.1 Å². The molecule has 0 unspecified atom stereocenters. The molecule has 4 rings (SSSR count). The number of carbonyl (C=O) groups excluding carboxylic acids is 2. The molecule has 6 heteroatoms. The van der Waals surface area contributed by atoms with Crippen molar-refractivity contribution < 1.29 is 9.59 Å². The van der Waals surface area contributed by atoms with Crippen molar-refractivity contribution in [1.82, 2.24) is 9.88 Å². The van der Waals surface area contributed by atoms with Gasteiger partial charge in [0.15, 0.2) is 0 Å². The van der Waals surface area contributed by atoms with Gasteiger partial charge in [-0.25, -0.2) is 4.98 Å². The van der Waals surface area contributed by atoms with Crippen LogP contribution in [0.2, 0.25) is 0 Å². The Labute approximate surface area is 142 Å². The summed E-state index contributed by atoms with van der Waals surface area (Å²) in [7, 11) is 0. The molecule has 1 aromatic heterocycles. The van der Waals surface area contributed by atoms with Gasteiger partial charge in [-0.2, -0.15) is 0 Å². The number of carbonyl (C=O) groups is 2. The molecule has 1 N–H and O–H groups in total. The third-order valence-corrected chi connectivity index (χ3v) is 5.11. The minimum atomic E-state index is -0.112. The first-order chi connectivity index (χ1) is 11.7. The Morgan fingerprint density at radius 2 is 1.71 bits per heavy atom. The van der Waals surface area contributed by atoms with Gasteiger partial charge in [0.25, 0.3) is 0 Å². The molecule has 0 spiro atoms. The van der Waals surface area contributed by atoms with Crippen LogP contribution in [0.4, 0.5) is 5.69 Å². The molecule has 2 amide bonds. The molecule has 0 aliphatic carbocycles. The van der Waals surface area contributed by atoms with E-state index in [1.165, 1.54) is 9.60 Å². The van der Waals surface area contributed by atoms with Crippen LogP contribution in [-0.2, 0) is 9.59 Å². The number of thiazole rings is 1. The molecular formula is C18H15N3O2S. The topological polar surface area (TPSA) is 62.3 Å². The SMILES string of the molecule is O=C1CCC(=O)N1CNc1ccc(-c2nc3ccccc3s2)cc1. The molecule has 0 atom stereocenters. The molecule has 5 nitrogen and oxygen atoms in total. The fourth-order valence-corrected chi connectivity index (χ4v) is 3.67. The van der Waals surface area contributed by atoms with Crippen LogP contribution in [0, 0.1) is 0 Å². The standard InChI is InChI=1S/C18H15N3O2S/c22-16-9-10-17(23)21(16)11-19-13-7-5-12(6-8-13)18-20-14-3-1-2-4-15(14)24-18/h1-8,19H,9-11H2. The normalized spacial score (nSPS) is 14.6. The largest absolute Gasteiger partial charge is 0.367 e. The zero-order valence-electron chi connectivity index (χ0n) is 12.9. The summed E-state index contributed by atoms with van der Waals surface area (Å²) in [6, 6.07) is 15.9. The van der Waals surface area contributed by atoms with Crippen LogP contribution in [0.25, 0.3) is 20.8 Å². The highest BCUT2D eigenvalue weighted by Crippen LogP contribution is 2.30. The fraction of sp³-hybridized carbons (Fsp3) is 0.167. The van der Waals surface area contributed by atoms with Crippen LogP contribution in [0.1, 0.15) is 12.8 Å². The van der Waals surface area contributed by atoms with Gasteiger partial charge < -0.3 is 5.32 Å². The summed E-state index contributed by atoms with van der Waals surface area (Å²) in [5.74, 6) is -0.225. The molecule has 0 radical (unpaired) electrons. The van der Waals surface area contributed by atoms with Crippen LogP contribution in [0.15, 0.2) is 48.5 Å². The van der Waals surface area contributed by atoms with E-state index in [9.17, 15) is 9.59 Å². The van der Waals surface area contributed by atoms with Gasteiger partial charge >= 0.3 is 0 Å². The number of rotatable bonds is 4. The fourth-order valence-electron chi connectivity index (χ4n) is 2.70. The predicted molar refractivity (Wildman–Crippen MR) is 94.6 cm³/mol. The molecule has 1 fully saturated rings. The molecule has 24 heavy (non-hydrogen) atoms. The quantitative estimate of drug-likeness (QED) is 0.740. The molecule has 0 bridgehead atoms. The molecule has 1 aliphatic rings. The Bertz CT molecular complexity index is 868. The van der Waals surface area contributed by atoms with Gasteiger partial charge in [-0.3, -0.25) is 14.5 Å². The molecule has 3 aromatic rings.